The Balaban J connectivity index is 0.00000144. The molecular formula is C10H11Br2Cl. The lowest BCUT2D eigenvalue weighted by Gasteiger charge is -1.99. The van der Waals surface area contributed by atoms with Crippen molar-refractivity contribution in [2.75, 3.05) is 0 Å². The topological polar surface area (TPSA) is 0 Å². The van der Waals surface area contributed by atoms with Gasteiger partial charge in [0.25, 0.3) is 0 Å². The van der Waals surface area contributed by atoms with Crippen molar-refractivity contribution >= 4 is 50.6 Å². The highest BCUT2D eigenvalue weighted by Crippen LogP contribution is 2.18. The molecule has 72 valence electrons. The molecule has 0 saturated carbocycles. The zero-order valence-corrected chi connectivity index (χ0v) is 11.3. The molecule has 0 aliphatic heterocycles. The fourth-order valence-electron chi connectivity index (χ4n) is 1.04. The summed E-state index contributed by atoms with van der Waals surface area (Å²) >= 11 is 9.30. The molecule has 0 saturated heterocycles. The number of rotatable bonds is 2. The molecule has 1 aromatic rings. The molecule has 0 bridgehead atoms. The zero-order chi connectivity index (χ0) is 8.97. The van der Waals surface area contributed by atoms with E-state index in [9.17, 15) is 0 Å². The van der Waals surface area contributed by atoms with E-state index in [4.69, 9.17) is 11.6 Å². The summed E-state index contributed by atoms with van der Waals surface area (Å²) in [7, 11) is 0. The first-order chi connectivity index (χ1) is 5.76. The number of hydrogen-bond donors (Lipinski definition) is 0. The molecule has 0 fully saturated rings. The molecule has 0 amide bonds. The van der Waals surface area contributed by atoms with Crippen molar-refractivity contribution < 1.29 is 0 Å². The SMILES string of the molecule is Br.CC=Cc1cc(Cl)cc(CBr)c1. The Hall–Kier alpha value is 0.210. The summed E-state index contributed by atoms with van der Waals surface area (Å²) in [5.41, 5.74) is 2.36. The lowest BCUT2D eigenvalue weighted by atomic mass is 10.1. The first kappa shape index (κ1) is 13.2. The molecule has 1 aromatic carbocycles. The van der Waals surface area contributed by atoms with Gasteiger partial charge in [0.15, 0.2) is 0 Å². The van der Waals surface area contributed by atoms with Crippen LogP contribution in [0.4, 0.5) is 0 Å². The Bertz CT molecular complexity index is 295. The number of allylic oxidation sites excluding steroid dienone is 1. The van der Waals surface area contributed by atoms with Crippen LogP contribution in [0.5, 0.6) is 0 Å². The van der Waals surface area contributed by atoms with E-state index in [2.05, 4.69) is 22.0 Å². The Kier molecular flexibility index (Phi) is 6.74. The second kappa shape index (κ2) is 6.63. The second-order valence-electron chi connectivity index (χ2n) is 2.53. The standard InChI is InChI=1S/C10H10BrCl.BrH/c1-2-3-8-4-9(7-11)6-10(12)5-8;/h2-6H,7H2,1H3;1H. The van der Waals surface area contributed by atoms with Crippen LogP contribution in [0.1, 0.15) is 18.1 Å². The molecular weight excluding hydrogens is 315 g/mol. The third-order valence-corrected chi connectivity index (χ3v) is 2.36. The van der Waals surface area contributed by atoms with Crippen LogP contribution in [0.15, 0.2) is 24.3 Å². The van der Waals surface area contributed by atoms with Gasteiger partial charge in [-0.25, -0.2) is 0 Å². The molecule has 0 spiro atoms. The van der Waals surface area contributed by atoms with Gasteiger partial charge in [-0.3, -0.25) is 0 Å². The molecule has 3 heteroatoms. The maximum atomic E-state index is 5.91. The lowest BCUT2D eigenvalue weighted by Crippen LogP contribution is -1.79. The number of hydrogen-bond acceptors (Lipinski definition) is 0. The number of alkyl halides is 1. The van der Waals surface area contributed by atoms with E-state index >= 15 is 0 Å². The van der Waals surface area contributed by atoms with E-state index in [0.717, 1.165) is 15.9 Å². The average molecular weight is 326 g/mol. The van der Waals surface area contributed by atoms with Crippen LogP contribution < -0.4 is 0 Å². The third kappa shape index (κ3) is 4.30. The van der Waals surface area contributed by atoms with Gasteiger partial charge in [-0.05, 0) is 30.2 Å². The monoisotopic (exact) mass is 324 g/mol. The predicted octanol–water partition coefficient (Wildman–Crippen LogP) is 4.85. The van der Waals surface area contributed by atoms with Crippen LogP contribution in [-0.2, 0) is 5.33 Å². The van der Waals surface area contributed by atoms with Crippen molar-refractivity contribution in [3.05, 3.63) is 40.4 Å². The molecule has 0 aromatic heterocycles. The van der Waals surface area contributed by atoms with E-state index < -0.39 is 0 Å². The predicted molar refractivity (Wildman–Crippen MR) is 69.1 cm³/mol. The van der Waals surface area contributed by atoms with Crippen molar-refractivity contribution in [3.63, 3.8) is 0 Å². The van der Waals surface area contributed by atoms with Gasteiger partial charge in [-0.15, -0.1) is 17.0 Å². The van der Waals surface area contributed by atoms with E-state index in [-0.39, 0.29) is 17.0 Å². The van der Waals surface area contributed by atoms with Gasteiger partial charge in [-0.2, -0.15) is 0 Å². The van der Waals surface area contributed by atoms with Crippen LogP contribution in [0.25, 0.3) is 6.08 Å². The fraction of sp³-hybridized carbons (Fsp3) is 0.200. The Labute approximate surface area is 103 Å². The van der Waals surface area contributed by atoms with Crippen LogP contribution in [0.2, 0.25) is 5.02 Å². The highest BCUT2D eigenvalue weighted by Gasteiger charge is 1.95. The van der Waals surface area contributed by atoms with E-state index in [1.807, 2.05) is 31.2 Å². The minimum atomic E-state index is 0. The first-order valence-corrected chi connectivity index (χ1v) is 5.24. The summed E-state index contributed by atoms with van der Waals surface area (Å²) < 4.78 is 0. The minimum absolute atomic E-state index is 0. The second-order valence-corrected chi connectivity index (χ2v) is 3.52. The molecule has 0 unspecified atom stereocenters. The van der Waals surface area contributed by atoms with Gasteiger partial charge in [-0.1, -0.05) is 45.7 Å². The Morgan fingerprint density at radius 3 is 2.62 bits per heavy atom. The van der Waals surface area contributed by atoms with E-state index in [1.54, 1.807) is 0 Å². The smallest absolute Gasteiger partial charge is 0.0414 e. The lowest BCUT2D eigenvalue weighted by molar-refractivity contribution is 1.42. The molecule has 0 atom stereocenters. The summed E-state index contributed by atoms with van der Waals surface area (Å²) in [6.45, 7) is 1.99. The highest BCUT2D eigenvalue weighted by atomic mass is 79.9. The Morgan fingerprint density at radius 2 is 2.08 bits per heavy atom. The number of halogens is 3. The molecule has 0 radical (unpaired) electrons. The van der Waals surface area contributed by atoms with Gasteiger partial charge in [0.2, 0.25) is 0 Å². The molecule has 0 aliphatic rings. The van der Waals surface area contributed by atoms with Gasteiger partial charge in [0.05, 0.1) is 0 Å². The molecule has 0 nitrogen and oxygen atoms in total. The van der Waals surface area contributed by atoms with Crippen molar-refractivity contribution in [1.29, 1.82) is 0 Å². The average Bonchev–Trinajstić information content (AvgIpc) is 2.04. The van der Waals surface area contributed by atoms with Crippen molar-refractivity contribution in [1.82, 2.24) is 0 Å². The summed E-state index contributed by atoms with van der Waals surface area (Å²) in [5, 5.41) is 1.64. The maximum absolute atomic E-state index is 5.91. The molecule has 1 rings (SSSR count). The van der Waals surface area contributed by atoms with E-state index in [0.29, 0.717) is 0 Å². The fourth-order valence-corrected chi connectivity index (χ4v) is 1.63. The van der Waals surface area contributed by atoms with Gasteiger partial charge in [0, 0.05) is 10.4 Å². The first-order valence-electron chi connectivity index (χ1n) is 3.74. The van der Waals surface area contributed by atoms with Gasteiger partial charge < -0.3 is 0 Å². The summed E-state index contributed by atoms with van der Waals surface area (Å²) in [6.07, 6.45) is 4.04. The molecule has 0 aliphatic carbocycles. The normalized spacial score (nSPS) is 10.1. The summed E-state index contributed by atoms with van der Waals surface area (Å²) in [4.78, 5) is 0. The minimum Gasteiger partial charge on any atom is -0.114 e. The maximum Gasteiger partial charge on any atom is 0.0414 e. The summed E-state index contributed by atoms with van der Waals surface area (Å²) in [6, 6.07) is 6.03. The molecule has 0 N–H and O–H groups in total. The van der Waals surface area contributed by atoms with Crippen molar-refractivity contribution in [3.8, 4) is 0 Å². The quantitative estimate of drug-likeness (QED) is 0.682. The van der Waals surface area contributed by atoms with Crippen LogP contribution in [-0.4, -0.2) is 0 Å². The van der Waals surface area contributed by atoms with Crippen molar-refractivity contribution in [2.24, 2.45) is 0 Å². The van der Waals surface area contributed by atoms with Gasteiger partial charge in [0.1, 0.15) is 0 Å². The largest absolute Gasteiger partial charge is 0.114 e. The summed E-state index contributed by atoms with van der Waals surface area (Å²) in [5.74, 6) is 0. The zero-order valence-electron chi connectivity index (χ0n) is 7.26. The molecule has 13 heavy (non-hydrogen) atoms. The van der Waals surface area contributed by atoms with E-state index in [1.165, 1.54) is 5.56 Å². The number of benzene rings is 1. The van der Waals surface area contributed by atoms with Crippen LogP contribution >= 0.6 is 44.5 Å². The third-order valence-electron chi connectivity index (χ3n) is 1.49. The van der Waals surface area contributed by atoms with Gasteiger partial charge >= 0.3 is 0 Å². The highest BCUT2D eigenvalue weighted by molar-refractivity contribution is 9.08. The van der Waals surface area contributed by atoms with Crippen LogP contribution in [0, 0.1) is 0 Å². The van der Waals surface area contributed by atoms with Crippen LogP contribution in [0.3, 0.4) is 0 Å². The Morgan fingerprint density at radius 1 is 1.38 bits per heavy atom. The molecule has 0 heterocycles. The van der Waals surface area contributed by atoms with Crippen molar-refractivity contribution in [2.45, 2.75) is 12.3 Å².